The molecule has 9 heteroatoms. The van der Waals surface area contributed by atoms with Crippen LogP contribution in [-0.4, -0.2) is 53.5 Å². The molecule has 182 valence electrons. The summed E-state index contributed by atoms with van der Waals surface area (Å²) in [5.74, 6) is 1.83. The fraction of sp³-hybridized carbons (Fsp3) is 0.625. The lowest BCUT2D eigenvalue weighted by Crippen LogP contribution is -2.36. The zero-order valence-electron chi connectivity index (χ0n) is 19.9. The molecule has 1 aromatic heterocycles. The smallest absolute Gasteiger partial charge is 0.266 e. The minimum atomic E-state index is -0.641. The van der Waals surface area contributed by atoms with Crippen molar-refractivity contribution in [1.29, 1.82) is 0 Å². The number of aliphatic hydroxyl groups is 1. The summed E-state index contributed by atoms with van der Waals surface area (Å²) in [5.41, 5.74) is -0.0649. The third-order valence-electron chi connectivity index (χ3n) is 6.23. The highest BCUT2D eigenvalue weighted by molar-refractivity contribution is 5.94. The number of nitrogens with one attached hydrogen (secondary N) is 1. The summed E-state index contributed by atoms with van der Waals surface area (Å²) in [6.45, 7) is 10.0. The van der Waals surface area contributed by atoms with E-state index in [9.17, 15) is 9.18 Å². The zero-order chi connectivity index (χ0) is 24.0. The van der Waals surface area contributed by atoms with E-state index in [2.05, 4.69) is 27.3 Å². The van der Waals surface area contributed by atoms with Gasteiger partial charge in [0.1, 0.15) is 11.6 Å². The van der Waals surface area contributed by atoms with Gasteiger partial charge in [0.25, 0.3) is 11.9 Å². The summed E-state index contributed by atoms with van der Waals surface area (Å²) in [6.07, 6.45) is 2.97. The second-order valence-electron chi connectivity index (χ2n) is 9.22. The van der Waals surface area contributed by atoms with Crippen LogP contribution in [0.5, 0.6) is 5.75 Å². The van der Waals surface area contributed by atoms with Crippen molar-refractivity contribution < 1.29 is 23.6 Å². The molecule has 0 spiro atoms. The molecule has 1 saturated heterocycles. The predicted molar refractivity (Wildman–Crippen MR) is 123 cm³/mol. The van der Waals surface area contributed by atoms with Crippen LogP contribution in [0, 0.1) is 17.7 Å². The summed E-state index contributed by atoms with van der Waals surface area (Å²) in [4.78, 5) is 18.7. The topological polar surface area (TPSA) is 101 Å². The predicted octanol–water partition coefficient (Wildman–Crippen LogP) is 3.76. The molecule has 2 heterocycles. The number of rotatable bonds is 10. The first-order chi connectivity index (χ1) is 15.8. The van der Waals surface area contributed by atoms with Crippen LogP contribution >= 0.6 is 0 Å². The van der Waals surface area contributed by atoms with Crippen molar-refractivity contribution >= 4 is 11.9 Å². The first-order valence-electron chi connectivity index (χ1n) is 11.7. The number of amides is 1. The van der Waals surface area contributed by atoms with Gasteiger partial charge in [0.2, 0.25) is 5.89 Å². The molecule has 2 N–H and O–H groups in total. The number of carbonyl (C=O) groups is 1. The number of hydrogen-bond donors (Lipinski definition) is 2. The van der Waals surface area contributed by atoms with Gasteiger partial charge in [-0.2, -0.15) is 4.98 Å². The zero-order valence-corrected chi connectivity index (χ0v) is 19.9. The molecule has 0 unspecified atom stereocenters. The highest BCUT2D eigenvalue weighted by Crippen LogP contribution is 2.29. The highest BCUT2D eigenvalue weighted by atomic mass is 19.1. The second-order valence-corrected chi connectivity index (χ2v) is 9.22. The molecule has 1 aliphatic heterocycles. The Balaban J connectivity index is 1.42. The van der Waals surface area contributed by atoms with Crippen molar-refractivity contribution in [2.24, 2.45) is 11.8 Å². The summed E-state index contributed by atoms with van der Waals surface area (Å²) in [5, 5.41) is 15.7. The van der Waals surface area contributed by atoms with Gasteiger partial charge in [0, 0.05) is 31.1 Å². The highest BCUT2D eigenvalue weighted by Gasteiger charge is 2.26. The van der Waals surface area contributed by atoms with Crippen LogP contribution in [0.4, 0.5) is 10.3 Å². The summed E-state index contributed by atoms with van der Waals surface area (Å²) in [6, 6.07) is 3.80. The Morgan fingerprint density at radius 2 is 2.03 bits per heavy atom. The molecular weight excluding hydrogens is 427 g/mol. The first-order valence-corrected chi connectivity index (χ1v) is 11.7. The summed E-state index contributed by atoms with van der Waals surface area (Å²) >= 11 is 0. The number of benzene rings is 1. The maximum Gasteiger partial charge on any atom is 0.266 e. The number of aromatic nitrogens is 2. The van der Waals surface area contributed by atoms with Crippen molar-refractivity contribution in [1.82, 2.24) is 15.5 Å². The molecule has 1 amide bonds. The van der Waals surface area contributed by atoms with Crippen LogP contribution in [-0.2, 0) is 0 Å². The Morgan fingerprint density at radius 1 is 1.30 bits per heavy atom. The lowest BCUT2D eigenvalue weighted by Gasteiger charge is -2.34. The van der Waals surface area contributed by atoms with Crippen molar-refractivity contribution in [2.45, 2.75) is 58.9 Å². The van der Waals surface area contributed by atoms with E-state index in [4.69, 9.17) is 14.4 Å². The Kier molecular flexibility index (Phi) is 8.66. The van der Waals surface area contributed by atoms with Gasteiger partial charge in [-0.05, 0) is 55.3 Å². The van der Waals surface area contributed by atoms with E-state index in [1.165, 1.54) is 12.1 Å². The maximum absolute atomic E-state index is 14.3. The van der Waals surface area contributed by atoms with Crippen molar-refractivity contribution in [3.05, 3.63) is 35.5 Å². The Labute approximate surface area is 194 Å². The molecule has 1 fully saturated rings. The standard InChI is InChI=1S/C24H35FN4O4/c1-15(2)23-27-24(28-33-23)29-10-7-18(8-11-29)16(3)9-12-32-19-5-6-20(21(25)13-19)22(31)26-17(4)14-30/h5-6,13,15-18,30H,7-12,14H2,1-4H3,(H,26,31)/t16-,17-/m1/s1. The quantitative estimate of drug-likeness (QED) is 0.554. The monoisotopic (exact) mass is 462 g/mol. The van der Waals surface area contributed by atoms with Gasteiger partial charge < -0.3 is 24.6 Å². The molecule has 33 heavy (non-hydrogen) atoms. The average Bonchev–Trinajstić information content (AvgIpc) is 3.30. The van der Waals surface area contributed by atoms with Gasteiger partial charge in [0.05, 0.1) is 18.8 Å². The second kappa shape index (κ2) is 11.4. The van der Waals surface area contributed by atoms with E-state index < -0.39 is 17.8 Å². The molecule has 0 aliphatic carbocycles. The van der Waals surface area contributed by atoms with Gasteiger partial charge in [-0.1, -0.05) is 20.8 Å². The minimum Gasteiger partial charge on any atom is -0.493 e. The number of anilines is 1. The van der Waals surface area contributed by atoms with Crippen molar-refractivity contribution in [3.63, 3.8) is 0 Å². The van der Waals surface area contributed by atoms with E-state index in [1.807, 2.05) is 13.8 Å². The largest absolute Gasteiger partial charge is 0.493 e. The van der Waals surface area contributed by atoms with Gasteiger partial charge in [-0.25, -0.2) is 4.39 Å². The number of piperidine rings is 1. The molecule has 0 radical (unpaired) electrons. The molecule has 8 nitrogen and oxygen atoms in total. The molecule has 1 aromatic carbocycles. The van der Waals surface area contributed by atoms with Crippen LogP contribution in [0.15, 0.2) is 22.7 Å². The number of aliphatic hydroxyl groups excluding tert-OH is 1. The van der Waals surface area contributed by atoms with E-state index >= 15 is 0 Å². The molecule has 0 bridgehead atoms. The summed E-state index contributed by atoms with van der Waals surface area (Å²) < 4.78 is 25.4. The van der Waals surface area contributed by atoms with Crippen LogP contribution in [0.25, 0.3) is 0 Å². The fourth-order valence-electron chi connectivity index (χ4n) is 3.97. The van der Waals surface area contributed by atoms with Gasteiger partial charge in [-0.15, -0.1) is 0 Å². The fourth-order valence-corrected chi connectivity index (χ4v) is 3.97. The molecule has 2 atom stereocenters. The number of nitrogens with zero attached hydrogens (tertiary/aromatic N) is 3. The van der Waals surface area contributed by atoms with Crippen LogP contribution in [0.2, 0.25) is 0 Å². The number of ether oxygens (including phenoxy) is 1. The van der Waals surface area contributed by atoms with Gasteiger partial charge in [0.15, 0.2) is 0 Å². The van der Waals surface area contributed by atoms with Crippen LogP contribution < -0.4 is 15.0 Å². The van der Waals surface area contributed by atoms with E-state index in [0.717, 1.165) is 32.4 Å². The SMILES string of the molecule is CC(C)c1nc(N2CCC([C@H](C)CCOc3ccc(C(=O)N[C@H](C)CO)c(F)c3)CC2)no1. The van der Waals surface area contributed by atoms with Crippen molar-refractivity contribution in [2.75, 3.05) is 31.2 Å². The van der Waals surface area contributed by atoms with Crippen LogP contribution in [0.3, 0.4) is 0 Å². The van der Waals surface area contributed by atoms with Crippen molar-refractivity contribution in [3.8, 4) is 5.75 Å². The third-order valence-corrected chi connectivity index (χ3v) is 6.23. The number of hydrogen-bond acceptors (Lipinski definition) is 7. The van der Waals surface area contributed by atoms with E-state index in [-0.39, 0.29) is 18.1 Å². The molecule has 0 saturated carbocycles. The Bertz CT molecular complexity index is 912. The lowest BCUT2D eigenvalue weighted by molar-refractivity contribution is 0.0918. The minimum absolute atomic E-state index is 0.0649. The molecule has 1 aliphatic rings. The number of carbonyl (C=O) groups excluding carboxylic acids is 1. The summed E-state index contributed by atoms with van der Waals surface area (Å²) in [7, 11) is 0. The van der Waals surface area contributed by atoms with Crippen LogP contribution in [0.1, 0.15) is 69.1 Å². The molecule has 3 rings (SSSR count). The van der Waals surface area contributed by atoms with E-state index in [0.29, 0.717) is 36.0 Å². The van der Waals surface area contributed by atoms with Gasteiger partial charge in [-0.3, -0.25) is 4.79 Å². The maximum atomic E-state index is 14.3. The molecular formula is C24H35FN4O4. The van der Waals surface area contributed by atoms with E-state index in [1.54, 1.807) is 13.0 Å². The first kappa shape index (κ1) is 25.0. The Hall–Kier alpha value is -2.68. The lowest BCUT2D eigenvalue weighted by atomic mass is 9.84. The normalized spacial score (nSPS) is 16.6. The Morgan fingerprint density at radius 3 is 2.64 bits per heavy atom. The van der Waals surface area contributed by atoms with Gasteiger partial charge >= 0.3 is 0 Å². The molecule has 2 aromatic rings. The number of halogens is 1. The average molecular weight is 463 g/mol. The third kappa shape index (κ3) is 6.66.